The van der Waals surface area contributed by atoms with Crippen molar-refractivity contribution >= 4 is 17.5 Å². The Hall–Kier alpha value is -2.71. The molecule has 0 aliphatic carbocycles. The molecule has 3 aliphatic heterocycles. The number of hydrogen-bond acceptors (Lipinski definition) is 7. The monoisotopic (exact) mass is 436 g/mol. The number of nitrogens with one attached hydrogen (secondary N) is 1. The zero-order valence-corrected chi connectivity index (χ0v) is 18.5. The summed E-state index contributed by atoms with van der Waals surface area (Å²) < 4.78 is 5.41. The number of aromatic nitrogens is 2. The average molecular weight is 437 g/mol. The first-order valence-corrected chi connectivity index (χ1v) is 11.7. The zero-order chi connectivity index (χ0) is 21.8. The fraction of sp³-hybridized carbons (Fsp3) is 0.542. The second-order valence-corrected chi connectivity index (χ2v) is 8.79. The van der Waals surface area contributed by atoms with Crippen molar-refractivity contribution < 1.29 is 9.53 Å². The molecule has 0 saturated carbocycles. The molecule has 0 spiro atoms. The van der Waals surface area contributed by atoms with Crippen LogP contribution in [0.15, 0.2) is 42.7 Å². The molecule has 0 bridgehead atoms. The molecule has 2 saturated heterocycles. The Kier molecular flexibility index (Phi) is 6.50. The summed E-state index contributed by atoms with van der Waals surface area (Å²) in [6, 6.07) is 10.5. The highest BCUT2D eigenvalue weighted by Gasteiger charge is 2.41. The van der Waals surface area contributed by atoms with E-state index in [-0.39, 0.29) is 17.9 Å². The van der Waals surface area contributed by atoms with Gasteiger partial charge in [-0.25, -0.2) is 9.97 Å². The average Bonchev–Trinajstić information content (AvgIpc) is 2.87. The third-order valence-electron chi connectivity index (χ3n) is 6.85. The summed E-state index contributed by atoms with van der Waals surface area (Å²) in [4.78, 5) is 29.3. The predicted octanol–water partition coefficient (Wildman–Crippen LogP) is 1.18. The largest absolute Gasteiger partial charge is 0.379 e. The quantitative estimate of drug-likeness (QED) is 0.682. The second-order valence-electron chi connectivity index (χ2n) is 8.79. The van der Waals surface area contributed by atoms with Crippen molar-refractivity contribution in [3.05, 3.63) is 48.3 Å². The number of nitrogens with zero attached hydrogens (tertiary/aromatic N) is 5. The van der Waals surface area contributed by atoms with Crippen molar-refractivity contribution in [1.29, 1.82) is 0 Å². The number of ether oxygens (including phenoxy) is 1. The van der Waals surface area contributed by atoms with Gasteiger partial charge in [0.1, 0.15) is 0 Å². The number of carbonyl (C=O) groups excluding carboxylic acids is 1. The lowest BCUT2D eigenvalue weighted by Crippen LogP contribution is -2.61. The van der Waals surface area contributed by atoms with Crippen molar-refractivity contribution in [2.75, 3.05) is 68.8 Å². The number of hydrogen-bond donors (Lipinski definition) is 1. The van der Waals surface area contributed by atoms with Crippen LogP contribution in [0.4, 0.5) is 11.6 Å². The van der Waals surface area contributed by atoms with Crippen LogP contribution in [0.2, 0.25) is 0 Å². The molecule has 0 radical (unpaired) electrons. The second kappa shape index (κ2) is 9.83. The summed E-state index contributed by atoms with van der Waals surface area (Å²) in [6.07, 6.45) is 5.30. The van der Waals surface area contributed by atoms with Crippen molar-refractivity contribution in [1.82, 2.24) is 20.2 Å². The lowest BCUT2D eigenvalue weighted by atomic mass is 9.83. The Morgan fingerprint density at radius 3 is 2.72 bits per heavy atom. The summed E-state index contributed by atoms with van der Waals surface area (Å²) in [5, 5.41) is 3.24. The van der Waals surface area contributed by atoms with Gasteiger partial charge in [0, 0.05) is 57.3 Å². The third-order valence-corrected chi connectivity index (χ3v) is 6.85. The van der Waals surface area contributed by atoms with Gasteiger partial charge in [-0.1, -0.05) is 18.2 Å². The van der Waals surface area contributed by atoms with E-state index in [0.29, 0.717) is 6.54 Å². The fourth-order valence-corrected chi connectivity index (χ4v) is 5.16. The SMILES string of the molecule is O=C(NCCCN1CCOCC1)[C@H]1Cc2ccccc2N2CCN(c3ncccn3)C[C@H]12. The molecule has 170 valence electrons. The smallest absolute Gasteiger partial charge is 0.225 e. The number of benzene rings is 1. The van der Waals surface area contributed by atoms with Gasteiger partial charge in [-0.05, 0) is 37.1 Å². The molecule has 8 nitrogen and oxygen atoms in total. The molecule has 2 fully saturated rings. The van der Waals surface area contributed by atoms with E-state index in [0.717, 1.165) is 71.3 Å². The van der Waals surface area contributed by atoms with Crippen LogP contribution >= 0.6 is 0 Å². The number of rotatable bonds is 6. The molecule has 1 aromatic carbocycles. The molecule has 32 heavy (non-hydrogen) atoms. The number of piperazine rings is 1. The highest BCUT2D eigenvalue weighted by Crippen LogP contribution is 2.36. The highest BCUT2D eigenvalue weighted by molar-refractivity contribution is 5.82. The first-order chi connectivity index (χ1) is 15.8. The van der Waals surface area contributed by atoms with Gasteiger partial charge in [0.05, 0.1) is 25.2 Å². The molecule has 2 aromatic rings. The maximum absolute atomic E-state index is 13.3. The van der Waals surface area contributed by atoms with Gasteiger partial charge >= 0.3 is 0 Å². The van der Waals surface area contributed by atoms with Gasteiger partial charge in [0.2, 0.25) is 11.9 Å². The first-order valence-electron chi connectivity index (χ1n) is 11.7. The molecule has 2 atom stereocenters. The van der Waals surface area contributed by atoms with Crippen LogP contribution in [0.3, 0.4) is 0 Å². The Bertz CT molecular complexity index is 904. The number of fused-ring (bicyclic) bond motifs is 3. The zero-order valence-electron chi connectivity index (χ0n) is 18.5. The number of amides is 1. The lowest BCUT2D eigenvalue weighted by Gasteiger charge is -2.49. The molecular formula is C24H32N6O2. The van der Waals surface area contributed by atoms with E-state index in [1.807, 2.05) is 6.07 Å². The molecule has 3 aliphatic rings. The summed E-state index contributed by atoms with van der Waals surface area (Å²) >= 11 is 0. The van der Waals surface area contributed by atoms with E-state index in [1.54, 1.807) is 12.4 Å². The molecule has 0 unspecified atom stereocenters. The molecule has 5 rings (SSSR count). The Labute approximate surface area is 189 Å². The molecule has 1 amide bonds. The summed E-state index contributed by atoms with van der Waals surface area (Å²) in [7, 11) is 0. The summed E-state index contributed by atoms with van der Waals surface area (Å²) in [5.74, 6) is 0.822. The Balaban J connectivity index is 1.26. The highest BCUT2D eigenvalue weighted by atomic mass is 16.5. The molecule has 1 aromatic heterocycles. The maximum atomic E-state index is 13.3. The van der Waals surface area contributed by atoms with Crippen LogP contribution in [-0.4, -0.2) is 85.8 Å². The van der Waals surface area contributed by atoms with Crippen LogP contribution in [-0.2, 0) is 16.0 Å². The first kappa shape index (κ1) is 21.2. The van der Waals surface area contributed by atoms with Gasteiger partial charge in [0.25, 0.3) is 0 Å². The molecule has 8 heteroatoms. The van der Waals surface area contributed by atoms with E-state index < -0.39 is 0 Å². The van der Waals surface area contributed by atoms with Gasteiger partial charge < -0.3 is 19.9 Å². The molecule has 4 heterocycles. The Morgan fingerprint density at radius 2 is 1.88 bits per heavy atom. The maximum Gasteiger partial charge on any atom is 0.225 e. The van der Waals surface area contributed by atoms with Crippen LogP contribution in [0, 0.1) is 5.92 Å². The number of para-hydroxylation sites is 1. The van der Waals surface area contributed by atoms with E-state index >= 15 is 0 Å². The lowest BCUT2D eigenvalue weighted by molar-refractivity contribution is -0.125. The van der Waals surface area contributed by atoms with Crippen LogP contribution in [0.25, 0.3) is 0 Å². The van der Waals surface area contributed by atoms with E-state index in [4.69, 9.17) is 4.74 Å². The van der Waals surface area contributed by atoms with Crippen molar-refractivity contribution in [3.63, 3.8) is 0 Å². The molecule has 1 N–H and O–H groups in total. The van der Waals surface area contributed by atoms with Crippen LogP contribution in [0.5, 0.6) is 0 Å². The van der Waals surface area contributed by atoms with E-state index in [1.165, 1.54) is 11.3 Å². The minimum absolute atomic E-state index is 0.0835. The van der Waals surface area contributed by atoms with Crippen LogP contribution in [0.1, 0.15) is 12.0 Å². The number of anilines is 2. The van der Waals surface area contributed by atoms with Crippen molar-refractivity contribution in [2.45, 2.75) is 18.9 Å². The van der Waals surface area contributed by atoms with Gasteiger partial charge in [0.15, 0.2) is 0 Å². The summed E-state index contributed by atoms with van der Waals surface area (Å²) in [5.41, 5.74) is 2.53. The van der Waals surface area contributed by atoms with Crippen molar-refractivity contribution in [3.8, 4) is 0 Å². The standard InChI is InChI=1S/C24H32N6O2/c31-23(25-9-4-10-28-13-15-32-16-14-28)20-17-19-5-1-2-6-21(19)30-12-11-29(18-22(20)30)24-26-7-3-8-27-24/h1-3,5-8,20,22H,4,9-18H2,(H,25,31)/t20-,22+/m0/s1. The van der Waals surface area contributed by atoms with Crippen LogP contribution < -0.4 is 15.1 Å². The fourth-order valence-electron chi connectivity index (χ4n) is 5.16. The van der Waals surface area contributed by atoms with Gasteiger partial charge in [-0.2, -0.15) is 0 Å². The topological polar surface area (TPSA) is 73.8 Å². The van der Waals surface area contributed by atoms with E-state index in [2.05, 4.69) is 54.2 Å². The minimum Gasteiger partial charge on any atom is -0.379 e. The minimum atomic E-state index is -0.0835. The Morgan fingerprint density at radius 1 is 1.06 bits per heavy atom. The number of morpholine rings is 1. The van der Waals surface area contributed by atoms with E-state index in [9.17, 15) is 4.79 Å². The normalized spacial score (nSPS) is 23.4. The predicted molar refractivity (Wildman–Crippen MR) is 124 cm³/mol. The summed E-state index contributed by atoms with van der Waals surface area (Å²) in [6.45, 7) is 7.79. The van der Waals surface area contributed by atoms with Crippen molar-refractivity contribution in [2.24, 2.45) is 5.92 Å². The number of carbonyl (C=O) groups is 1. The third kappa shape index (κ3) is 4.56. The molecular weight excluding hydrogens is 404 g/mol. The van der Waals surface area contributed by atoms with Gasteiger partial charge in [-0.3, -0.25) is 9.69 Å². The van der Waals surface area contributed by atoms with Gasteiger partial charge in [-0.15, -0.1) is 0 Å².